The van der Waals surface area contributed by atoms with Crippen molar-refractivity contribution in [1.29, 1.82) is 0 Å². The zero-order chi connectivity index (χ0) is 14.5. The van der Waals surface area contributed by atoms with Gasteiger partial charge in [0.25, 0.3) is 0 Å². The molecular formula is C18H23NO. The summed E-state index contributed by atoms with van der Waals surface area (Å²) in [6.07, 6.45) is 0.951. The highest BCUT2D eigenvalue weighted by Gasteiger charge is 2.13. The van der Waals surface area contributed by atoms with Crippen molar-refractivity contribution < 1.29 is 4.74 Å². The first-order valence-electron chi connectivity index (χ1n) is 7.17. The van der Waals surface area contributed by atoms with Crippen LogP contribution < -0.4 is 10.5 Å². The van der Waals surface area contributed by atoms with Gasteiger partial charge >= 0.3 is 0 Å². The highest BCUT2D eigenvalue weighted by atomic mass is 16.5. The highest BCUT2D eigenvalue weighted by Crippen LogP contribution is 2.26. The van der Waals surface area contributed by atoms with Crippen molar-refractivity contribution in [2.45, 2.75) is 33.3 Å². The fraction of sp³-hybridized carbons (Fsp3) is 0.333. The Hall–Kier alpha value is -1.80. The Morgan fingerprint density at radius 3 is 2.35 bits per heavy atom. The molecule has 2 aromatic rings. The molecule has 20 heavy (non-hydrogen) atoms. The fourth-order valence-electron chi connectivity index (χ4n) is 2.23. The Morgan fingerprint density at radius 1 is 1.05 bits per heavy atom. The smallest absolute Gasteiger partial charge is 0.136 e. The molecule has 2 rings (SSSR count). The second-order valence-corrected chi connectivity index (χ2v) is 5.14. The molecule has 0 bridgehead atoms. The number of ether oxygens (including phenoxy) is 1. The summed E-state index contributed by atoms with van der Waals surface area (Å²) in [4.78, 5) is 0. The molecular weight excluding hydrogens is 246 g/mol. The van der Waals surface area contributed by atoms with E-state index in [0.717, 1.165) is 17.7 Å². The maximum atomic E-state index is 6.11. The zero-order valence-electron chi connectivity index (χ0n) is 12.5. The van der Waals surface area contributed by atoms with Gasteiger partial charge in [-0.1, -0.05) is 43.3 Å². The quantitative estimate of drug-likeness (QED) is 0.892. The molecule has 0 aliphatic rings. The summed E-state index contributed by atoms with van der Waals surface area (Å²) >= 11 is 0. The molecule has 106 valence electrons. The molecule has 1 unspecified atom stereocenters. The van der Waals surface area contributed by atoms with Crippen LogP contribution in [0.5, 0.6) is 5.75 Å². The molecule has 2 N–H and O–H groups in total. The van der Waals surface area contributed by atoms with E-state index in [-0.39, 0.29) is 6.10 Å². The minimum absolute atomic E-state index is 0.0959. The van der Waals surface area contributed by atoms with Crippen LogP contribution in [0.1, 0.15) is 35.3 Å². The average Bonchev–Trinajstić information content (AvgIpc) is 2.49. The summed E-state index contributed by atoms with van der Waals surface area (Å²) < 4.78 is 6.11. The van der Waals surface area contributed by atoms with Crippen LogP contribution >= 0.6 is 0 Å². The van der Waals surface area contributed by atoms with E-state index in [0.29, 0.717) is 6.54 Å². The van der Waals surface area contributed by atoms with Crippen LogP contribution in [-0.2, 0) is 6.42 Å². The van der Waals surface area contributed by atoms with Crippen molar-refractivity contribution in [2.75, 3.05) is 6.54 Å². The molecule has 1 atom stereocenters. The summed E-state index contributed by atoms with van der Waals surface area (Å²) in [5.74, 6) is 0.917. The molecule has 0 saturated carbocycles. The topological polar surface area (TPSA) is 35.2 Å². The van der Waals surface area contributed by atoms with E-state index >= 15 is 0 Å². The van der Waals surface area contributed by atoms with E-state index in [1.165, 1.54) is 16.7 Å². The monoisotopic (exact) mass is 269 g/mol. The summed E-state index contributed by atoms with van der Waals surface area (Å²) in [6.45, 7) is 6.80. The van der Waals surface area contributed by atoms with E-state index in [1.807, 2.05) is 12.1 Å². The number of hydrogen-bond donors (Lipinski definition) is 1. The van der Waals surface area contributed by atoms with Crippen molar-refractivity contribution in [3.63, 3.8) is 0 Å². The third-order valence-electron chi connectivity index (χ3n) is 3.80. The third kappa shape index (κ3) is 3.20. The lowest BCUT2D eigenvalue weighted by Crippen LogP contribution is -2.19. The van der Waals surface area contributed by atoms with Crippen LogP contribution in [0.3, 0.4) is 0 Å². The summed E-state index contributed by atoms with van der Waals surface area (Å²) in [5, 5.41) is 0. The summed E-state index contributed by atoms with van der Waals surface area (Å²) in [6, 6.07) is 14.6. The maximum absolute atomic E-state index is 6.11. The first-order chi connectivity index (χ1) is 9.65. The molecule has 0 fully saturated rings. The maximum Gasteiger partial charge on any atom is 0.136 e. The Morgan fingerprint density at radius 2 is 1.75 bits per heavy atom. The van der Waals surface area contributed by atoms with Gasteiger partial charge < -0.3 is 10.5 Å². The Labute approximate surface area is 121 Å². The SMILES string of the molecule is CCc1ccc(C(CN)Oc2cccc(C)c2C)cc1. The van der Waals surface area contributed by atoms with Crippen LogP contribution in [0.4, 0.5) is 0 Å². The van der Waals surface area contributed by atoms with Crippen molar-refractivity contribution in [1.82, 2.24) is 0 Å². The average molecular weight is 269 g/mol. The van der Waals surface area contributed by atoms with Crippen LogP contribution in [-0.4, -0.2) is 6.54 Å². The van der Waals surface area contributed by atoms with Gasteiger partial charge in [-0.2, -0.15) is 0 Å². The summed E-state index contributed by atoms with van der Waals surface area (Å²) in [5.41, 5.74) is 10.8. The first kappa shape index (κ1) is 14.6. The van der Waals surface area contributed by atoms with Crippen molar-refractivity contribution in [3.05, 3.63) is 64.7 Å². The van der Waals surface area contributed by atoms with E-state index in [1.54, 1.807) is 0 Å². The van der Waals surface area contributed by atoms with Gasteiger partial charge in [0.05, 0.1) is 0 Å². The number of rotatable bonds is 5. The van der Waals surface area contributed by atoms with Gasteiger partial charge in [-0.15, -0.1) is 0 Å². The van der Waals surface area contributed by atoms with E-state index in [9.17, 15) is 0 Å². The lowest BCUT2D eigenvalue weighted by Gasteiger charge is -2.20. The van der Waals surface area contributed by atoms with Crippen molar-refractivity contribution in [3.8, 4) is 5.75 Å². The molecule has 0 saturated heterocycles. The van der Waals surface area contributed by atoms with Gasteiger partial charge in [0.2, 0.25) is 0 Å². The van der Waals surface area contributed by atoms with Crippen LogP contribution in [0.25, 0.3) is 0 Å². The largest absolute Gasteiger partial charge is 0.484 e. The number of aryl methyl sites for hydroxylation is 2. The zero-order valence-corrected chi connectivity index (χ0v) is 12.5. The Kier molecular flexibility index (Phi) is 4.80. The number of hydrogen-bond acceptors (Lipinski definition) is 2. The third-order valence-corrected chi connectivity index (χ3v) is 3.80. The molecule has 2 nitrogen and oxygen atoms in total. The predicted octanol–water partition coefficient (Wildman–Crippen LogP) is 3.94. The van der Waals surface area contributed by atoms with Crippen molar-refractivity contribution >= 4 is 0 Å². The minimum Gasteiger partial charge on any atom is -0.484 e. The van der Waals surface area contributed by atoms with Crippen molar-refractivity contribution in [2.24, 2.45) is 5.73 Å². The number of benzene rings is 2. The lowest BCUT2D eigenvalue weighted by molar-refractivity contribution is 0.212. The molecule has 0 aliphatic carbocycles. The molecule has 0 radical (unpaired) electrons. The van der Waals surface area contributed by atoms with E-state index in [4.69, 9.17) is 10.5 Å². The second-order valence-electron chi connectivity index (χ2n) is 5.14. The van der Waals surface area contributed by atoms with Crippen LogP contribution in [0, 0.1) is 13.8 Å². The van der Waals surface area contributed by atoms with Crippen LogP contribution in [0.15, 0.2) is 42.5 Å². The van der Waals surface area contributed by atoms with Crippen LogP contribution in [0.2, 0.25) is 0 Å². The fourth-order valence-corrected chi connectivity index (χ4v) is 2.23. The van der Waals surface area contributed by atoms with Gasteiger partial charge in [0.1, 0.15) is 11.9 Å². The molecule has 0 spiro atoms. The van der Waals surface area contributed by atoms with E-state index < -0.39 is 0 Å². The Bertz CT molecular complexity index is 560. The van der Waals surface area contributed by atoms with Gasteiger partial charge in [0, 0.05) is 6.54 Å². The minimum atomic E-state index is -0.0959. The van der Waals surface area contributed by atoms with E-state index in [2.05, 4.69) is 51.1 Å². The predicted molar refractivity (Wildman–Crippen MR) is 84.2 cm³/mol. The van der Waals surface area contributed by atoms with Gasteiger partial charge in [0.15, 0.2) is 0 Å². The van der Waals surface area contributed by atoms with Gasteiger partial charge in [-0.05, 0) is 48.6 Å². The second kappa shape index (κ2) is 6.58. The molecule has 2 heteroatoms. The van der Waals surface area contributed by atoms with Gasteiger partial charge in [-0.3, -0.25) is 0 Å². The lowest BCUT2D eigenvalue weighted by atomic mass is 10.0. The number of nitrogens with two attached hydrogens (primary N) is 1. The molecule has 0 aromatic heterocycles. The highest BCUT2D eigenvalue weighted by molar-refractivity contribution is 5.39. The normalized spacial score (nSPS) is 12.2. The molecule has 0 amide bonds. The molecule has 0 aliphatic heterocycles. The molecule has 0 heterocycles. The summed E-state index contributed by atoms with van der Waals surface area (Å²) in [7, 11) is 0. The first-order valence-corrected chi connectivity index (χ1v) is 7.17. The Balaban J connectivity index is 2.21. The van der Waals surface area contributed by atoms with Gasteiger partial charge in [-0.25, -0.2) is 0 Å². The molecule has 2 aromatic carbocycles. The standard InChI is InChI=1S/C18H23NO/c1-4-15-8-10-16(11-9-15)18(12-19)20-17-7-5-6-13(2)14(17)3/h5-11,18H,4,12,19H2,1-3H3.